The summed E-state index contributed by atoms with van der Waals surface area (Å²) >= 11 is 0. The number of aliphatic carboxylic acids is 1. The molecule has 2 saturated carbocycles. The van der Waals surface area contributed by atoms with Gasteiger partial charge in [0.1, 0.15) is 5.58 Å². The van der Waals surface area contributed by atoms with Gasteiger partial charge in [-0.3, -0.25) is 14.5 Å². The van der Waals surface area contributed by atoms with Crippen LogP contribution in [-0.2, 0) is 4.79 Å². The lowest BCUT2D eigenvalue weighted by molar-refractivity contribution is -0.139. The third kappa shape index (κ3) is 3.72. The molecule has 6 heteroatoms. The van der Waals surface area contributed by atoms with E-state index in [9.17, 15) is 9.59 Å². The Morgan fingerprint density at radius 1 is 1.26 bits per heavy atom. The number of hydrogen-bond donors (Lipinski definition) is 2. The van der Waals surface area contributed by atoms with Gasteiger partial charge >= 0.3 is 5.97 Å². The van der Waals surface area contributed by atoms with Crippen LogP contribution < -0.4 is 5.32 Å². The number of benzene rings is 1. The molecule has 2 aromatic rings. The summed E-state index contributed by atoms with van der Waals surface area (Å²) in [4.78, 5) is 25.9. The Bertz CT molecular complexity index is 878. The summed E-state index contributed by atoms with van der Waals surface area (Å²) in [6.45, 7) is 4.83. The fourth-order valence-corrected chi connectivity index (χ4v) is 4.00. The molecular weight excluding hydrogens is 344 g/mol. The maximum atomic E-state index is 12.7. The number of nitrogens with zero attached hydrogens (tertiary/aromatic N) is 1. The molecule has 2 N–H and O–H groups in total. The Hall–Kier alpha value is -2.34. The summed E-state index contributed by atoms with van der Waals surface area (Å²) in [5.74, 6) is 0.0671. The van der Waals surface area contributed by atoms with Crippen LogP contribution in [0.25, 0.3) is 11.0 Å². The number of carboxylic acid groups (broad SMARTS) is 1. The van der Waals surface area contributed by atoms with Crippen LogP contribution in [0.5, 0.6) is 0 Å². The van der Waals surface area contributed by atoms with Gasteiger partial charge in [0, 0.05) is 29.6 Å². The molecule has 2 fully saturated rings. The van der Waals surface area contributed by atoms with E-state index >= 15 is 0 Å². The molecule has 0 atom stereocenters. The predicted molar refractivity (Wildman–Crippen MR) is 102 cm³/mol. The van der Waals surface area contributed by atoms with Crippen molar-refractivity contribution in [3.63, 3.8) is 0 Å². The second-order valence-electron chi connectivity index (χ2n) is 8.07. The number of aryl methyl sites for hydroxylation is 2. The minimum atomic E-state index is -0.781. The van der Waals surface area contributed by atoms with E-state index in [1.165, 1.54) is 12.8 Å². The first-order valence-electron chi connectivity index (χ1n) is 9.67. The minimum Gasteiger partial charge on any atom is -0.480 e. The molecule has 27 heavy (non-hydrogen) atoms. The second kappa shape index (κ2) is 7.00. The van der Waals surface area contributed by atoms with E-state index in [2.05, 4.69) is 10.2 Å². The Labute approximate surface area is 158 Å². The first kappa shape index (κ1) is 18.0. The number of carbonyl (C=O) groups excluding carboxylic acids is 1. The largest absolute Gasteiger partial charge is 0.480 e. The van der Waals surface area contributed by atoms with Gasteiger partial charge in [-0.15, -0.1) is 0 Å². The highest BCUT2D eigenvalue weighted by Gasteiger charge is 2.38. The van der Waals surface area contributed by atoms with Gasteiger partial charge in [0.05, 0.1) is 6.54 Å². The van der Waals surface area contributed by atoms with E-state index in [4.69, 9.17) is 9.52 Å². The van der Waals surface area contributed by atoms with Crippen LogP contribution in [-0.4, -0.2) is 47.1 Å². The fourth-order valence-electron chi connectivity index (χ4n) is 4.00. The highest BCUT2D eigenvalue weighted by molar-refractivity contribution is 5.99. The van der Waals surface area contributed by atoms with Gasteiger partial charge in [-0.05, 0) is 51.0 Å². The van der Waals surface area contributed by atoms with E-state index in [1.54, 1.807) is 0 Å². The van der Waals surface area contributed by atoms with Crippen molar-refractivity contribution < 1.29 is 19.1 Å². The lowest BCUT2D eigenvalue weighted by Gasteiger charge is -2.42. The molecule has 4 rings (SSSR count). The molecule has 0 aliphatic heterocycles. The quantitative estimate of drug-likeness (QED) is 0.782. The summed E-state index contributed by atoms with van der Waals surface area (Å²) in [5.41, 5.74) is 2.65. The Morgan fingerprint density at radius 3 is 2.63 bits per heavy atom. The number of rotatable bonds is 7. The van der Waals surface area contributed by atoms with Crippen LogP contribution in [0.15, 0.2) is 22.6 Å². The number of nitrogens with one attached hydrogen (secondary N) is 1. The first-order chi connectivity index (χ1) is 12.9. The summed E-state index contributed by atoms with van der Waals surface area (Å²) < 4.78 is 5.85. The van der Waals surface area contributed by atoms with E-state index in [1.807, 2.05) is 32.0 Å². The Kier molecular flexibility index (Phi) is 4.68. The zero-order valence-electron chi connectivity index (χ0n) is 15.8. The molecule has 0 unspecified atom stereocenters. The molecule has 1 aromatic heterocycles. The summed E-state index contributed by atoms with van der Waals surface area (Å²) in [7, 11) is 0. The number of amides is 1. The Balaban J connectivity index is 1.38. The first-order valence-corrected chi connectivity index (χ1v) is 9.67. The molecular formula is C21H26N2O4. The number of hydrogen-bond acceptors (Lipinski definition) is 4. The fraction of sp³-hybridized carbons (Fsp3) is 0.524. The van der Waals surface area contributed by atoms with Gasteiger partial charge in [-0.25, -0.2) is 0 Å². The number of carboxylic acids is 1. The molecule has 0 saturated heterocycles. The lowest BCUT2D eigenvalue weighted by atomic mass is 9.85. The number of furan rings is 1. The number of fused-ring (bicyclic) bond motifs is 1. The number of carbonyl (C=O) groups is 2. The van der Waals surface area contributed by atoms with Crippen molar-refractivity contribution in [1.29, 1.82) is 0 Å². The molecule has 0 spiro atoms. The highest BCUT2D eigenvalue weighted by Crippen LogP contribution is 2.34. The highest BCUT2D eigenvalue weighted by atomic mass is 16.4. The predicted octanol–water partition coefficient (Wildman–Crippen LogP) is 3.11. The van der Waals surface area contributed by atoms with Crippen LogP contribution in [0, 0.1) is 19.8 Å². The molecule has 1 heterocycles. The number of para-hydroxylation sites is 1. The van der Waals surface area contributed by atoms with Gasteiger partial charge in [-0.2, -0.15) is 0 Å². The maximum absolute atomic E-state index is 12.7. The van der Waals surface area contributed by atoms with Crippen molar-refractivity contribution in [3.8, 4) is 0 Å². The van der Waals surface area contributed by atoms with Gasteiger partial charge in [-0.1, -0.05) is 18.2 Å². The van der Waals surface area contributed by atoms with Gasteiger partial charge < -0.3 is 14.8 Å². The maximum Gasteiger partial charge on any atom is 0.317 e. The molecule has 1 amide bonds. The Morgan fingerprint density at radius 2 is 2.00 bits per heavy atom. The van der Waals surface area contributed by atoms with Gasteiger partial charge in [0.2, 0.25) is 0 Å². The van der Waals surface area contributed by atoms with Crippen LogP contribution in [0.2, 0.25) is 0 Å². The van der Waals surface area contributed by atoms with Crippen molar-refractivity contribution in [2.45, 2.75) is 51.6 Å². The molecule has 0 bridgehead atoms. The monoisotopic (exact) mass is 370 g/mol. The molecule has 0 radical (unpaired) electrons. The van der Waals surface area contributed by atoms with Crippen molar-refractivity contribution in [1.82, 2.24) is 10.2 Å². The normalized spacial score (nSPS) is 22.0. The van der Waals surface area contributed by atoms with Crippen LogP contribution in [0.3, 0.4) is 0 Å². The van der Waals surface area contributed by atoms with Crippen LogP contribution in [0.1, 0.15) is 47.4 Å². The van der Waals surface area contributed by atoms with Crippen molar-refractivity contribution in [2.75, 3.05) is 13.1 Å². The standard InChI is InChI=1S/C21H26N2O4/c1-12-4-3-5-17-13(2)20(27-19(12)17)21(26)22-15-8-16(9-15)23(11-18(24)25)10-14-6-7-14/h3-5,14-16H,6-11H2,1-2H3,(H,22,26)(H,24,25). The summed E-state index contributed by atoms with van der Waals surface area (Å²) in [6, 6.07) is 6.23. The topological polar surface area (TPSA) is 82.8 Å². The third-order valence-electron chi connectivity index (χ3n) is 5.86. The van der Waals surface area contributed by atoms with Gasteiger partial charge in [0.15, 0.2) is 5.76 Å². The van der Waals surface area contributed by atoms with E-state index in [-0.39, 0.29) is 24.5 Å². The SMILES string of the molecule is Cc1c(C(=O)NC2CC(N(CC(=O)O)CC3CC3)C2)oc2c(C)cccc12. The minimum absolute atomic E-state index is 0.0757. The van der Waals surface area contributed by atoms with E-state index in [0.29, 0.717) is 11.7 Å². The second-order valence-corrected chi connectivity index (χ2v) is 8.07. The van der Waals surface area contributed by atoms with Crippen molar-refractivity contribution >= 4 is 22.8 Å². The summed E-state index contributed by atoms with van der Waals surface area (Å²) in [5, 5.41) is 13.2. The van der Waals surface area contributed by atoms with Crippen LogP contribution in [0.4, 0.5) is 0 Å². The molecule has 144 valence electrons. The van der Waals surface area contributed by atoms with E-state index < -0.39 is 5.97 Å². The smallest absolute Gasteiger partial charge is 0.317 e. The lowest BCUT2D eigenvalue weighted by Crippen LogP contribution is -2.55. The molecule has 6 nitrogen and oxygen atoms in total. The summed E-state index contributed by atoms with van der Waals surface area (Å²) in [6.07, 6.45) is 4.00. The van der Waals surface area contributed by atoms with Crippen LogP contribution >= 0.6 is 0 Å². The van der Waals surface area contributed by atoms with Crippen molar-refractivity contribution in [3.05, 3.63) is 35.1 Å². The zero-order valence-corrected chi connectivity index (χ0v) is 15.8. The third-order valence-corrected chi connectivity index (χ3v) is 5.86. The van der Waals surface area contributed by atoms with Crippen molar-refractivity contribution in [2.24, 2.45) is 5.92 Å². The molecule has 1 aromatic carbocycles. The molecule has 2 aliphatic rings. The molecule has 2 aliphatic carbocycles. The average Bonchev–Trinajstić information content (AvgIpc) is 3.32. The van der Waals surface area contributed by atoms with Gasteiger partial charge in [0.25, 0.3) is 5.91 Å². The zero-order chi connectivity index (χ0) is 19.1. The average molecular weight is 370 g/mol. The van der Waals surface area contributed by atoms with E-state index in [0.717, 1.165) is 41.5 Å².